The fourth-order valence-corrected chi connectivity index (χ4v) is 4.80. The van der Waals surface area contributed by atoms with E-state index in [0.29, 0.717) is 38.7 Å². The van der Waals surface area contributed by atoms with Crippen molar-refractivity contribution in [2.75, 3.05) is 0 Å². The second-order valence-electron chi connectivity index (χ2n) is 9.16. The number of nitrogens with zero attached hydrogens (tertiary/aromatic N) is 8. The summed E-state index contributed by atoms with van der Waals surface area (Å²) in [6.45, 7) is 0. The van der Waals surface area contributed by atoms with Crippen molar-refractivity contribution in [2.45, 2.75) is 12.5 Å². The van der Waals surface area contributed by atoms with Gasteiger partial charge in [0, 0.05) is 53.6 Å². The summed E-state index contributed by atoms with van der Waals surface area (Å²) < 4.78 is 20.1. The van der Waals surface area contributed by atoms with Crippen molar-refractivity contribution in [1.29, 1.82) is 0 Å². The zero-order chi connectivity index (χ0) is 28.0. The summed E-state index contributed by atoms with van der Waals surface area (Å²) >= 11 is 6.23. The van der Waals surface area contributed by atoms with Crippen LogP contribution in [0, 0.1) is 5.82 Å². The van der Waals surface area contributed by atoms with Crippen molar-refractivity contribution >= 4 is 28.5 Å². The monoisotopic (exact) mass is 558 g/mol. The van der Waals surface area contributed by atoms with Crippen LogP contribution in [-0.2, 0) is 13.5 Å². The van der Waals surface area contributed by atoms with Crippen LogP contribution in [0.3, 0.4) is 0 Å². The largest absolute Gasteiger partial charge is 0.366 e. The molecule has 0 spiro atoms. The summed E-state index contributed by atoms with van der Waals surface area (Å²) in [5.41, 5.74) is 7.97. The minimum absolute atomic E-state index is 0.0325. The van der Waals surface area contributed by atoms with Gasteiger partial charge >= 0.3 is 0 Å². The second-order valence-corrected chi connectivity index (χ2v) is 9.59. The van der Waals surface area contributed by atoms with E-state index < -0.39 is 23.3 Å². The molecule has 0 radical (unpaired) electrons. The number of rotatable bonds is 7. The number of nitrogens with two attached hydrogens (primary N) is 1. The number of aromatic nitrogens is 9. The molecule has 3 N–H and O–H groups in total. The Kier molecular flexibility index (Phi) is 6.19. The number of nitrogens with one attached hydrogen (secondary N) is 1. The second kappa shape index (κ2) is 9.85. The Morgan fingerprint density at radius 2 is 2.00 bits per heavy atom. The Balaban J connectivity index is 1.49. The molecule has 0 bridgehead atoms. The van der Waals surface area contributed by atoms with E-state index in [1.807, 2.05) is 0 Å². The first-order chi connectivity index (χ1) is 19.3. The van der Waals surface area contributed by atoms with Crippen LogP contribution >= 0.6 is 11.6 Å². The van der Waals surface area contributed by atoms with Gasteiger partial charge in [-0.1, -0.05) is 11.6 Å². The number of carbonyl (C=O) groups excluding carboxylic acids is 1. The molecule has 0 fully saturated rings. The van der Waals surface area contributed by atoms with E-state index in [0.717, 1.165) is 11.8 Å². The molecule has 0 saturated heterocycles. The van der Waals surface area contributed by atoms with E-state index >= 15 is 4.39 Å². The van der Waals surface area contributed by atoms with Crippen molar-refractivity contribution in [3.05, 3.63) is 106 Å². The summed E-state index contributed by atoms with van der Waals surface area (Å²) in [4.78, 5) is 33.1. The number of aryl methyl sites for hydroxylation is 1. The zero-order valence-corrected chi connectivity index (χ0v) is 21.6. The maximum Gasteiger partial charge on any atom is 0.252 e. The van der Waals surface area contributed by atoms with Gasteiger partial charge in [0.15, 0.2) is 0 Å². The molecule has 0 aliphatic heterocycles. The van der Waals surface area contributed by atoms with E-state index in [-0.39, 0.29) is 12.0 Å². The first kappa shape index (κ1) is 25.1. The number of benzene rings is 2. The number of primary amides is 1. The predicted molar refractivity (Wildman–Crippen MR) is 143 cm³/mol. The van der Waals surface area contributed by atoms with Crippen molar-refractivity contribution in [3.63, 3.8) is 0 Å². The molecule has 0 saturated carbocycles. The van der Waals surface area contributed by atoms with Crippen LogP contribution in [0.2, 0.25) is 5.02 Å². The number of hydrogen-bond acceptors (Lipinski definition) is 7. The van der Waals surface area contributed by atoms with Gasteiger partial charge in [0.2, 0.25) is 5.91 Å². The Morgan fingerprint density at radius 1 is 1.15 bits per heavy atom. The van der Waals surface area contributed by atoms with Gasteiger partial charge in [0.25, 0.3) is 5.56 Å². The number of tetrazole rings is 1. The third-order valence-electron chi connectivity index (χ3n) is 6.50. The van der Waals surface area contributed by atoms with Crippen LogP contribution in [-0.4, -0.2) is 50.4 Å². The van der Waals surface area contributed by atoms with Crippen LogP contribution in [0.25, 0.3) is 27.8 Å². The molecule has 1 atom stereocenters. The molecule has 6 aromatic rings. The molecule has 6 rings (SSSR count). The maximum absolute atomic E-state index is 15.9. The van der Waals surface area contributed by atoms with E-state index in [1.165, 1.54) is 21.6 Å². The third-order valence-corrected chi connectivity index (χ3v) is 6.74. The average molecular weight is 559 g/mol. The Bertz CT molecular complexity index is 1940. The van der Waals surface area contributed by atoms with E-state index in [9.17, 15) is 9.59 Å². The molecule has 4 aromatic heterocycles. The molecular weight excluding hydrogens is 539 g/mol. The van der Waals surface area contributed by atoms with Gasteiger partial charge in [0.1, 0.15) is 18.0 Å². The molecule has 200 valence electrons. The number of fused-ring (bicyclic) bond motifs is 1. The van der Waals surface area contributed by atoms with Gasteiger partial charge in [-0.2, -0.15) is 9.78 Å². The average Bonchev–Trinajstić information content (AvgIpc) is 3.69. The molecule has 2 aromatic carbocycles. The molecule has 12 nitrogen and oxygen atoms in total. The first-order valence-corrected chi connectivity index (χ1v) is 12.4. The highest BCUT2D eigenvalue weighted by atomic mass is 35.5. The van der Waals surface area contributed by atoms with Crippen LogP contribution in [0.4, 0.5) is 4.39 Å². The van der Waals surface area contributed by atoms with Gasteiger partial charge in [-0.25, -0.2) is 9.37 Å². The molecule has 1 amide bonds. The van der Waals surface area contributed by atoms with E-state index in [4.69, 9.17) is 17.3 Å². The summed E-state index contributed by atoms with van der Waals surface area (Å²) in [5, 5.41) is 15.7. The van der Waals surface area contributed by atoms with Crippen molar-refractivity contribution in [3.8, 4) is 16.8 Å². The molecule has 1 unspecified atom stereocenters. The standard InChI is InChI=1S/C26H20ClFN10O2/c1-36-11-14(10-31-36)6-23(26-32-20-4-2-15(25(29)40)7-21(20)33-26)37-12-19(28)17(9-24(37)39)18-8-16(27)3-5-22(18)38-13-30-34-35-38/h2-5,7-13,23H,6H2,1H3,(H2,29,40)(H,32,33). The summed E-state index contributed by atoms with van der Waals surface area (Å²) in [6, 6.07) is 10.1. The minimum atomic E-state index is -0.733. The van der Waals surface area contributed by atoms with Crippen molar-refractivity contribution in [2.24, 2.45) is 12.8 Å². The smallest absolute Gasteiger partial charge is 0.252 e. The maximum atomic E-state index is 15.9. The lowest BCUT2D eigenvalue weighted by atomic mass is 10.0. The van der Waals surface area contributed by atoms with Crippen LogP contribution in [0.5, 0.6) is 0 Å². The lowest BCUT2D eigenvalue weighted by Gasteiger charge is -2.19. The first-order valence-electron chi connectivity index (χ1n) is 12.0. The van der Waals surface area contributed by atoms with Gasteiger partial charge in [-0.3, -0.25) is 14.3 Å². The molecule has 14 heteroatoms. The Hall–Kier alpha value is -5.17. The zero-order valence-electron chi connectivity index (χ0n) is 20.9. The van der Waals surface area contributed by atoms with Gasteiger partial charge in [0.05, 0.1) is 29.0 Å². The minimum Gasteiger partial charge on any atom is -0.366 e. The normalized spacial score (nSPS) is 12.2. The number of halogens is 2. The number of aromatic amines is 1. The Labute approximate surface area is 229 Å². The fraction of sp³-hybridized carbons (Fsp3) is 0.115. The van der Waals surface area contributed by atoms with Crippen LogP contribution < -0.4 is 11.3 Å². The lowest BCUT2D eigenvalue weighted by Crippen LogP contribution is -2.27. The number of hydrogen-bond donors (Lipinski definition) is 2. The fourth-order valence-electron chi connectivity index (χ4n) is 4.63. The number of amides is 1. The number of imidazole rings is 1. The summed E-state index contributed by atoms with van der Waals surface area (Å²) in [6.07, 6.45) is 6.26. The predicted octanol–water partition coefficient (Wildman–Crippen LogP) is 2.82. The van der Waals surface area contributed by atoms with Crippen molar-refractivity contribution < 1.29 is 9.18 Å². The highest BCUT2D eigenvalue weighted by Gasteiger charge is 2.24. The highest BCUT2D eigenvalue weighted by molar-refractivity contribution is 6.31. The van der Waals surface area contributed by atoms with Gasteiger partial charge in [-0.15, -0.1) is 5.10 Å². The lowest BCUT2D eigenvalue weighted by molar-refractivity contribution is 0.100. The Morgan fingerprint density at radius 3 is 2.73 bits per heavy atom. The van der Waals surface area contributed by atoms with Gasteiger partial charge in [-0.05, 0) is 52.4 Å². The van der Waals surface area contributed by atoms with Crippen molar-refractivity contribution in [1.82, 2.24) is 44.5 Å². The number of pyridine rings is 1. The van der Waals surface area contributed by atoms with E-state index in [1.54, 1.807) is 60.5 Å². The SMILES string of the molecule is Cn1cc(CC(c2nc3cc(C(N)=O)ccc3[nH]2)n2cc(F)c(-c3cc(Cl)ccc3-n3cnnn3)cc2=O)cn1. The van der Waals surface area contributed by atoms with Crippen LogP contribution in [0.15, 0.2) is 72.2 Å². The topological polar surface area (TPSA) is 155 Å². The summed E-state index contributed by atoms with van der Waals surface area (Å²) in [7, 11) is 1.78. The molecule has 4 heterocycles. The molecule has 0 aliphatic rings. The summed E-state index contributed by atoms with van der Waals surface area (Å²) in [5.74, 6) is -0.861. The molecule has 40 heavy (non-hydrogen) atoms. The molecule has 0 aliphatic carbocycles. The third kappa shape index (κ3) is 4.62. The number of H-pyrrole nitrogens is 1. The molecular formula is C26H20ClFN10O2. The quantitative estimate of drug-likeness (QED) is 0.305. The number of carbonyl (C=O) groups is 1. The van der Waals surface area contributed by atoms with Crippen LogP contribution in [0.1, 0.15) is 27.8 Å². The highest BCUT2D eigenvalue weighted by Crippen LogP contribution is 2.31. The van der Waals surface area contributed by atoms with Gasteiger partial charge < -0.3 is 15.3 Å². The van der Waals surface area contributed by atoms with E-state index in [2.05, 4.69) is 30.6 Å².